The van der Waals surface area contributed by atoms with Gasteiger partial charge in [-0.05, 0) is 33.4 Å². The van der Waals surface area contributed by atoms with Crippen molar-refractivity contribution in [3.8, 4) is 0 Å². The fraction of sp³-hybridized carbons (Fsp3) is 0.889. The van der Waals surface area contributed by atoms with Crippen LogP contribution < -0.4 is 5.32 Å². The van der Waals surface area contributed by atoms with Crippen LogP contribution in [0.15, 0.2) is 12.3 Å². The summed E-state index contributed by atoms with van der Waals surface area (Å²) < 4.78 is 0. The molecule has 2 heteroatoms. The molecule has 1 atom stereocenters. The molecular formula is C18H38N2. The van der Waals surface area contributed by atoms with Gasteiger partial charge >= 0.3 is 0 Å². The first-order valence-corrected chi connectivity index (χ1v) is 8.69. The maximum absolute atomic E-state index is 4.20. The van der Waals surface area contributed by atoms with Crippen LogP contribution in [0.3, 0.4) is 0 Å². The number of hydrogen-bond acceptors (Lipinski definition) is 2. The SMILES string of the molecule is C=C(CCN(C)C)NC(CCCCC)CCCCCC. The molecule has 20 heavy (non-hydrogen) atoms. The molecule has 0 aliphatic heterocycles. The standard InChI is InChI=1S/C18H38N2/c1-6-8-10-12-14-18(13-11-9-7-2)19-17(3)15-16-20(4)5/h18-19H,3,6-16H2,1-2,4-5H3. The lowest BCUT2D eigenvalue weighted by molar-refractivity contribution is 0.394. The summed E-state index contributed by atoms with van der Waals surface area (Å²) in [4.78, 5) is 2.22. The summed E-state index contributed by atoms with van der Waals surface area (Å²) in [5.74, 6) is 0. The van der Waals surface area contributed by atoms with Crippen molar-refractivity contribution in [3.05, 3.63) is 12.3 Å². The van der Waals surface area contributed by atoms with Crippen LogP contribution in [0.4, 0.5) is 0 Å². The third-order valence-corrected chi connectivity index (χ3v) is 3.83. The Labute approximate surface area is 128 Å². The smallest absolute Gasteiger partial charge is 0.0258 e. The summed E-state index contributed by atoms with van der Waals surface area (Å²) in [6, 6.07) is 0.646. The Bertz CT molecular complexity index is 223. The monoisotopic (exact) mass is 282 g/mol. The largest absolute Gasteiger partial charge is 0.386 e. The molecule has 120 valence electrons. The van der Waals surface area contributed by atoms with E-state index in [0.717, 1.165) is 13.0 Å². The van der Waals surface area contributed by atoms with E-state index in [-0.39, 0.29) is 0 Å². The summed E-state index contributed by atoms with van der Waals surface area (Å²) in [6.07, 6.45) is 13.1. The van der Waals surface area contributed by atoms with Gasteiger partial charge in [-0.25, -0.2) is 0 Å². The average Bonchev–Trinajstić information content (AvgIpc) is 2.41. The van der Waals surface area contributed by atoms with Gasteiger partial charge < -0.3 is 10.2 Å². The summed E-state index contributed by atoms with van der Waals surface area (Å²) in [7, 11) is 4.24. The minimum Gasteiger partial charge on any atom is -0.386 e. The molecule has 0 amide bonds. The van der Waals surface area contributed by atoms with E-state index < -0.39 is 0 Å². The molecule has 0 heterocycles. The summed E-state index contributed by atoms with van der Waals surface area (Å²) in [6.45, 7) is 9.84. The zero-order valence-corrected chi connectivity index (χ0v) is 14.5. The summed E-state index contributed by atoms with van der Waals surface area (Å²) >= 11 is 0. The van der Waals surface area contributed by atoms with Crippen LogP contribution >= 0.6 is 0 Å². The molecule has 0 saturated heterocycles. The van der Waals surface area contributed by atoms with Gasteiger partial charge in [-0.3, -0.25) is 0 Å². The highest BCUT2D eigenvalue weighted by atomic mass is 15.1. The molecule has 2 nitrogen and oxygen atoms in total. The number of rotatable bonds is 14. The molecule has 0 spiro atoms. The van der Waals surface area contributed by atoms with Gasteiger partial charge in [0.15, 0.2) is 0 Å². The Morgan fingerprint density at radius 1 is 0.950 bits per heavy atom. The molecule has 1 N–H and O–H groups in total. The number of nitrogens with one attached hydrogen (secondary N) is 1. The maximum atomic E-state index is 4.20. The van der Waals surface area contributed by atoms with Crippen molar-refractivity contribution in [2.75, 3.05) is 20.6 Å². The van der Waals surface area contributed by atoms with E-state index in [1.54, 1.807) is 0 Å². The number of unbranched alkanes of at least 4 members (excludes halogenated alkanes) is 5. The van der Waals surface area contributed by atoms with Crippen molar-refractivity contribution in [3.63, 3.8) is 0 Å². The predicted octanol–water partition coefficient (Wildman–Crippen LogP) is 4.96. The Hall–Kier alpha value is -0.500. The lowest BCUT2D eigenvalue weighted by atomic mass is 10.0. The lowest BCUT2D eigenvalue weighted by Gasteiger charge is -2.22. The number of nitrogens with zero attached hydrogens (tertiary/aromatic N) is 1. The third kappa shape index (κ3) is 12.5. The van der Waals surface area contributed by atoms with Crippen molar-refractivity contribution >= 4 is 0 Å². The first-order chi connectivity index (χ1) is 9.60. The third-order valence-electron chi connectivity index (χ3n) is 3.83. The van der Waals surface area contributed by atoms with Crippen LogP contribution in [0.1, 0.15) is 78.1 Å². The van der Waals surface area contributed by atoms with Gasteiger partial charge in [0.2, 0.25) is 0 Å². The van der Waals surface area contributed by atoms with Crippen LogP contribution in [0.25, 0.3) is 0 Å². The highest BCUT2D eigenvalue weighted by Gasteiger charge is 2.09. The van der Waals surface area contributed by atoms with Gasteiger partial charge in [0.05, 0.1) is 0 Å². The zero-order chi connectivity index (χ0) is 15.2. The van der Waals surface area contributed by atoms with E-state index in [1.807, 2.05) is 0 Å². The molecule has 1 unspecified atom stereocenters. The van der Waals surface area contributed by atoms with E-state index in [9.17, 15) is 0 Å². The van der Waals surface area contributed by atoms with Crippen LogP contribution in [0.2, 0.25) is 0 Å². The van der Waals surface area contributed by atoms with E-state index in [1.165, 1.54) is 63.5 Å². The van der Waals surface area contributed by atoms with Crippen molar-refractivity contribution in [1.29, 1.82) is 0 Å². The Balaban J connectivity index is 3.97. The zero-order valence-electron chi connectivity index (χ0n) is 14.5. The molecule has 0 aliphatic carbocycles. The summed E-state index contributed by atoms with van der Waals surface area (Å²) in [5.41, 5.74) is 1.22. The molecule has 0 aromatic heterocycles. The molecule has 0 aromatic carbocycles. The minimum absolute atomic E-state index is 0.646. The van der Waals surface area contributed by atoms with E-state index in [4.69, 9.17) is 0 Å². The second-order valence-corrected chi connectivity index (χ2v) is 6.34. The van der Waals surface area contributed by atoms with Crippen molar-refractivity contribution in [1.82, 2.24) is 10.2 Å². The van der Waals surface area contributed by atoms with Crippen molar-refractivity contribution in [2.24, 2.45) is 0 Å². The fourth-order valence-electron chi connectivity index (χ4n) is 2.47. The lowest BCUT2D eigenvalue weighted by Crippen LogP contribution is -2.29. The first kappa shape index (κ1) is 19.5. The quantitative estimate of drug-likeness (QED) is 0.453. The molecule has 0 aliphatic rings. The van der Waals surface area contributed by atoms with Gasteiger partial charge in [0.25, 0.3) is 0 Å². The van der Waals surface area contributed by atoms with Crippen LogP contribution in [0, 0.1) is 0 Å². The van der Waals surface area contributed by atoms with Gasteiger partial charge in [-0.1, -0.05) is 65.4 Å². The molecule has 0 fully saturated rings. The first-order valence-electron chi connectivity index (χ1n) is 8.69. The van der Waals surface area contributed by atoms with Gasteiger partial charge in [0, 0.05) is 18.3 Å². The predicted molar refractivity (Wildman–Crippen MR) is 92.1 cm³/mol. The van der Waals surface area contributed by atoms with Crippen LogP contribution in [0.5, 0.6) is 0 Å². The summed E-state index contributed by atoms with van der Waals surface area (Å²) in [5, 5.41) is 3.69. The molecule has 0 aromatic rings. The van der Waals surface area contributed by atoms with Gasteiger partial charge in [-0.2, -0.15) is 0 Å². The highest BCUT2D eigenvalue weighted by molar-refractivity contribution is 4.94. The Kier molecular flexibility index (Phi) is 13.1. The van der Waals surface area contributed by atoms with E-state index in [0.29, 0.717) is 6.04 Å². The van der Waals surface area contributed by atoms with Crippen LogP contribution in [-0.4, -0.2) is 31.6 Å². The Morgan fingerprint density at radius 3 is 2.05 bits per heavy atom. The highest BCUT2D eigenvalue weighted by Crippen LogP contribution is 2.13. The van der Waals surface area contributed by atoms with E-state index >= 15 is 0 Å². The Morgan fingerprint density at radius 2 is 1.50 bits per heavy atom. The van der Waals surface area contributed by atoms with Crippen molar-refractivity contribution in [2.45, 2.75) is 84.1 Å². The van der Waals surface area contributed by atoms with Crippen LogP contribution in [-0.2, 0) is 0 Å². The minimum atomic E-state index is 0.646. The normalized spacial score (nSPS) is 12.7. The molecule has 0 bridgehead atoms. The topological polar surface area (TPSA) is 15.3 Å². The average molecular weight is 283 g/mol. The molecule has 0 rings (SSSR count). The fourth-order valence-corrected chi connectivity index (χ4v) is 2.47. The van der Waals surface area contributed by atoms with Gasteiger partial charge in [-0.15, -0.1) is 0 Å². The second kappa shape index (κ2) is 13.5. The maximum Gasteiger partial charge on any atom is 0.0258 e. The molecule has 0 radical (unpaired) electrons. The van der Waals surface area contributed by atoms with Gasteiger partial charge in [0.1, 0.15) is 0 Å². The second-order valence-electron chi connectivity index (χ2n) is 6.34. The van der Waals surface area contributed by atoms with Crippen molar-refractivity contribution < 1.29 is 0 Å². The number of hydrogen-bond donors (Lipinski definition) is 1. The molecular weight excluding hydrogens is 244 g/mol. The molecule has 0 saturated carbocycles. The van der Waals surface area contributed by atoms with E-state index in [2.05, 4.69) is 44.7 Å².